The highest BCUT2D eigenvalue weighted by atomic mass is 32.1. The van der Waals surface area contributed by atoms with Gasteiger partial charge in [-0.2, -0.15) is 0 Å². The lowest BCUT2D eigenvalue weighted by molar-refractivity contribution is -0.118. The maximum atomic E-state index is 12.9. The zero-order valence-corrected chi connectivity index (χ0v) is 17.8. The van der Waals surface area contributed by atoms with Crippen molar-refractivity contribution in [3.63, 3.8) is 0 Å². The van der Waals surface area contributed by atoms with Crippen molar-refractivity contribution in [2.24, 2.45) is 0 Å². The Morgan fingerprint density at radius 2 is 1.97 bits per heavy atom. The molecule has 1 fully saturated rings. The summed E-state index contributed by atoms with van der Waals surface area (Å²) in [5.74, 6) is 0.864. The second kappa shape index (κ2) is 9.49. The fraction of sp³-hybridized carbons (Fsp3) is 0.455. The van der Waals surface area contributed by atoms with Crippen LogP contribution in [0.1, 0.15) is 40.1 Å². The van der Waals surface area contributed by atoms with Crippen molar-refractivity contribution in [1.29, 1.82) is 0 Å². The van der Waals surface area contributed by atoms with Gasteiger partial charge in [0.25, 0.3) is 11.8 Å². The number of fused-ring (bicyclic) bond motifs is 1. The number of aryl methyl sites for hydroxylation is 1. The first-order valence-corrected chi connectivity index (χ1v) is 11.1. The molecule has 2 aliphatic rings. The van der Waals surface area contributed by atoms with Crippen molar-refractivity contribution in [1.82, 2.24) is 5.32 Å². The third-order valence-electron chi connectivity index (χ3n) is 5.34. The van der Waals surface area contributed by atoms with E-state index in [1.165, 1.54) is 16.2 Å². The van der Waals surface area contributed by atoms with Crippen LogP contribution in [-0.2, 0) is 22.4 Å². The molecule has 2 heterocycles. The molecule has 30 heavy (non-hydrogen) atoms. The summed E-state index contributed by atoms with van der Waals surface area (Å²) in [7, 11) is 1.59. The Hall–Kier alpha value is -2.58. The number of methoxy groups -OCH3 is 1. The highest BCUT2D eigenvalue weighted by Gasteiger charge is 2.28. The minimum Gasteiger partial charge on any atom is -0.497 e. The van der Waals surface area contributed by atoms with Crippen molar-refractivity contribution >= 4 is 28.2 Å². The maximum absolute atomic E-state index is 12.9. The Labute approximate surface area is 179 Å². The number of thiophene rings is 1. The Bertz CT molecular complexity index is 903. The van der Waals surface area contributed by atoms with Crippen LogP contribution < -0.4 is 20.1 Å². The fourth-order valence-corrected chi connectivity index (χ4v) is 5.12. The largest absolute Gasteiger partial charge is 0.497 e. The molecular weight excluding hydrogens is 404 g/mol. The van der Waals surface area contributed by atoms with Crippen LogP contribution >= 0.6 is 11.3 Å². The first-order chi connectivity index (χ1) is 14.6. The molecule has 1 aromatic carbocycles. The lowest BCUT2D eigenvalue weighted by Crippen LogP contribution is -2.32. The third kappa shape index (κ3) is 4.76. The first kappa shape index (κ1) is 20.7. The molecule has 1 aliphatic heterocycles. The van der Waals surface area contributed by atoms with Crippen LogP contribution in [0.4, 0.5) is 5.00 Å². The number of carbonyl (C=O) groups is 2. The molecule has 0 spiro atoms. The number of rotatable bonds is 8. The van der Waals surface area contributed by atoms with Gasteiger partial charge in [-0.1, -0.05) is 0 Å². The van der Waals surface area contributed by atoms with E-state index in [1.807, 2.05) is 0 Å². The lowest BCUT2D eigenvalue weighted by atomic mass is 10.1. The van der Waals surface area contributed by atoms with E-state index in [4.69, 9.17) is 14.2 Å². The summed E-state index contributed by atoms with van der Waals surface area (Å²) in [6, 6.07) is 7.03. The molecule has 2 N–H and O–H groups in total. The Morgan fingerprint density at radius 3 is 2.70 bits per heavy atom. The van der Waals surface area contributed by atoms with Gasteiger partial charge in [0, 0.05) is 18.0 Å². The van der Waals surface area contributed by atoms with Crippen molar-refractivity contribution in [2.75, 3.05) is 32.2 Å². The second-order valence-electron chi connectivity index (χ2n) is 7.42. The van der Waals surface area contributed by atoms with E-state index in [9.17, 15) is 9.59 Å². The SMILES string of the molecule is COc1ccc(OCC(=O)Nc2sc3c(c2C(=O)NC[C@@H]2CCCO2)CCC3)cc1. The molecular formula is C22H26N2O5S. The van der Waals surface area contributed by atoms with Gasteiger partial charge >= 0.3 is 0 Å². The molecule has 0 unspecified atom stereocenters. The van der Waals surface area contributed by atoms with Gasteiger partial charge in [-0.05, 0) is 61.9 Å². The van der Waals surface area contributed by atoms with Gasteiger partial charge in [0.05, 0.1) is 18.8 Å². The Morgan fingerprint density at radius 1 is 1.17 bits per heavy atom. The lowest BCUT2D eigenvalue weighted by Gasteiger charge is -2.13. The highest BCUT2D eigenvalue weighted by molar-refractivity contribution is 7.17. The number of amides is 2. The molecule has 1 saturated heterocycles. The summed E-state index contributed by atoms with van der Waals surface area (Å²) in [5.41, 5.74) is 1.67. The summed E-state index contributed by atoms with van der Waals surface area (Å²) in [6.45, 7) is 1.12. The zero-order valence-electron chi connectivity index (χ0n) is 17.0. The van der Waals surface area contributed by atoms with E-state index < -0.39 is 0 Å². The minimum atomic E-state index is -0.293. The molecule has 2 aromatic rings. The number of nitrogens with one attached hydrogen (secondary N) is 2. The van der Waals surface area contributed by atoms with E-state index in [0.29, 0.717) is 22.9 Å². The average Bonchev–Trinajstić information content (AvgIpc) is 3.49. The van der Waals surface area contributed by atoms with Gasteiger partial charge in [-0.25, -0.2) is 0 Å². The molecule has 1 aliphatic carbocycles. The van der Waals surface area contributed by atoms with Crippen LogP contribution in [0.15, 0.2) is 24.3 Å². The smallest absolute Gasteiger partial charge is 0.262 e. The van der Waals surface area contributed by atoms with Gasteiger partial charge in [0.2, 0.25) is 0 Å². The van der Waals surface area contributed by atoms with Gasteiger partial charge in [-0.15, -0.1) is 11.3 Å². The number of anilines is 1. The Balaban J connectivity index is 1.39. The molecule has 8 heteroatoms. The van der Waals surface area contributed by atoms with Crippen LogP contribution in [0.2, 0.25) is 0 Å². The molecule has 1 aromatic heterocycles. The first-order valence-electron chi connectivity index (χ1n) is 10.2. The monoisotopic (exact) mass is 430 g/mol. The average molecular weight is 431 g/mol. The van der Waals surface area contributed by atoms with Gasteiger partial charge in [0.1, 0.15) is 16.5 Å². The maximum Gasteiger partial charge on any atom is 0.262 e. The third-order valence-corrected chi connectivity index (χ3v) is 6.55. The van der Waals surface area contributed by atoms with Crippen LogP contribution in [0.3, 0.4) is 0 Å². The van der Waals surface area contributed by atoms with E-state index in [2.05, 4.69) is 10.6 Å². The molecule has 7 nitrogen and oxygen atoms in total. The number of hydrogen-bond acceptors (Lipinski definition) is 6. The number of hydrogen-bond donors (Lipinski definition) is 2. The van der Waals surface area contributed by atoms with E-state index in [0.717, 1.165) is 50.0 Å². The van der Waals surface area contributed by atoms with E-state index >= 15 is 0 Å². The van der Waals surface area contributed by atoms with Gasteiger partial charge in [0.15, 0.2) is 6.61 Å². The number of benzene rings is 1. The highest BCUT2D eigenvalue weighted by Crippen LogP contribution is 2.39. The molecule has 160 valence electrons. The molecule has 0 bridgehead atoms. The number of carbonyl (C=O) groups excluding carboxylic acids is 2. The summed E-state index contributed by atoms with van der Waals surface area (Å²) >= 11 is 1.49. The van der Waals surface area contributed by atoms with Crippen LogP contribution in [-0.4, -0.2) is 44.8 Å². The second-order valence-corrected chi connectivity index (χ2v) is 8.52. The van der Waals surface area contributed by atoms with Crippen molar-refractivity contribution in [3.8, 4) is 11.5 Å². The van der Waals surface area contributed by atoms with Gasteiger partial charge < -0.3 is 24.8 Å². The quantitative estimate of drug-likeness (QED) is 0.672. The predicted octanol–water partition coefficient (Wildman–Crippen LogP) is 3.17. The molecule has 1 atom stereocenters. The van der Waals surface area contributed by atoms with Crippen LogP contribution in [0, 0.1) is 0 Å². The van der Waals surface area contributed by atoms with Crippen LogP contribution in [0.5, 0.6) is 11.5 Å². The summed E-state index contributed by atoms with van der Waals surface area (Å²) in [6.07, 6.45) is 4.94. The van der Waals surface area contributed by atoms with Gasteiger partial charge in [-0.3, -0.25) is 9.59 Å². The van der Waals surface area contributed by atoms with Crippen LogP contribution in [0.25, 0.3) is 0 Å². The normalized spacial score (nSPS) is 17.4. The zero-order chi connectivity index (χ0) is 20.9. The molecule has 2 amide bonds. The van der Waals surface area contributed by atoms with E-state index in [-0.39, 0.29) is 24.5 Å². The summed E-state index contributed by atoms with van der Waals surface area (Å²) in [5, 5.41) is 6.47. The molecule has 4 rings (SSSR count). The molecule has 0 radical (unpaired) electrons. The molecule has 0 saturated carbocycles. The van der Waals surface area contributed by atoms with Crippen molar-refractivity contribution in [2.45, 2.75) is 38.2 Å². The Kier molecular flexibility index (Phi) is 6.54. The predicted molar refractivity (Wildman–Crippen MR) is 115 cm³/mol. The minimum absolute atomic E-state index is 0.0802. The fourth-order valence-electron chi connectivity index (χ4n) is 3.82. The van der Waals surface area contributed by atoms with E-state index in [1.54, 1.807) is 31.4 Å². The number of ether oxygens (including phenoxy) is 3. The van der Waals surface area contributed by atoms with Crippen molar-refractivity contribution in [3.05, 3.63) is 40.3 Å². The van der Waals surface area contributed by atoms with Crippen molar-refractivity contribution < 1.29 is 23.8 Å². The standard InChI is InChI=1S/C22H26N2O5S/c1-27-14-7-9-15(10-8-14)29-13-19(25)24-22-20(17-5-2-6-18(17)30-22)21(26)23-12-16-4-3-11-28-16/h7-10,16H,2-6,11-13H2,1H3,(H,23,26)(H,24,25)/t16-/m0/s1. The summed E-state index contributed by atoms with van der Waals surface area (Å²) < 4.78 is 16.3. The topological polar surface area (TPSA) is 85.9 Å². The summed E-state index contributed by atoms with van der Waals surface area (Å²) in [4.78, 5) is 26.6.